The van der Waals surface area contributed by atoms with Crippen LogP contribution in [-0.4, -0.2) is 67.9 Å². The number of carbonyl (C=O) groups is 3. The SMILES string of the molecule is CC(C)(C)OC(=O)N1[C@@H]2CC[C@@H](C2)[C@H]1C(=O)N1CC(C(=O)c2cn(-c3ccc(F)cc3Br)c3cnccc23)C1. The number of benzene rings is 1. The van der Waals surface area contributed by atoms with Gasteiger partial charge >= 0.3 is 6.09 Å². The third kappa shape index (κ3) is 4.52. The molecule has 3 atom stereocenters. The number of fused-ring (bicyclic) bond motifs is 3. The average molecular weight is 597 g/mol. The zero-order valence-corrected chi connectivity index (χ0v) is 23.7. The van der Waals surface area contributed by atoms with Crippen molar-refractivity contribution in [1.29, 1.82) is 0 Å². The van der Waals surface area contributed by atoms with Gasteiger partial charge in [0.25, 0.3) is 0 Å². The summed E-state index contributed by atoms with van der Waals surface area (Å²) in [5.41, 5.74) is 1.32. The van der Waals surface area contributed by atoms with Crippen LogP contribution < -0.4 is 0 Å². The summed E-state index contributed by atoms with van der Waals surface area (Å²) >= 11 is 3.42. The van der Waals surface area contributed by atoms with Crippen LogP contribution in [0.15, 0.2) is 47.3 Å². The Bertz CT molecular complexity index is 1490. The Morgan fingerprint density at radius 1 is 1.13 bits per heavy atom. The number of hydrogen-bond donors (Lipinski definition) is 0. The number of pyridine rings is 1. The van der Waals surface area contributed by atoms with Gasteiger partial charge in [-0.1, -0.05) is 0 Å². The number of ketones is 1. The van der Waals surface area contributed by atoms with Gasteiger partial charge in [0.2, 0.25) is 5.91 Å². The van der Waals surface area contributed by atoms with Crippen LogP contribution in [0.2, 0.25) is 0 Å². The largest absolute Gasteiger partial charge is 0.444 e. The lowest BCUT2D eigenvalue weighted by Crippen LogP contribution is -2.61. The van der Waals surface area contributed by atoms with Crippen molar-refractivity contribution in [3.63, 3.8) is 0 Å². The van der Waals surface area contributed by atoms with Gasteiger partial charge in [0, 0.05) is 46.9 Å². The number of rotatable bonds is 4. The molecule has 1 aliphatic carbocycles. The zero-order chi connectivity index (χ0) is 27.6. The lowest BCUT2D eigenvalue weighted by molar-refractivity contribution is -0.143. The van der Waals surface area contributed by atoms with Gasteiger partial charge in [0.05, 0.1) is 23.3 Å². The number of ether oxygens (including phenoxy) is 1. The normalized spacial score (nSPS) is 22.8. The van der Waals surface area contributed by atoms with Gasteiger partial charge in [-0.15, -0.1) is 0 Å². The maximum Gasteiger partial charge on any atom is 0.411 e. The molecule has 3 aliphatic rings. The van der Waals surface area contributed by atoms with Crippen molar-refractivity contribution in [2.24, 2.45) is 11.8 Å². The molecule has 0 spiro atoms. The van der Waals surface area contributed by atoms with Crippen LogP contribution in [0.5, 0.6) is 0 Å². The molecule has 204 valence electrons. The molecule has 2 aromatic heterocycles. The molecular weight excluding hydrogens is 567 g/mol. The summed E-state index contributed by atoms with van der Waals surface area (Å²) < 4.78 is 21.7. The van der Waals surface area contributed by atoms with E-state index >= 15 is 0 Å². The molecule has 4 heterocycles. The molecular formula is C29H30BrFN4O4. The van der Waals surface area contributed by atoms with Crippen molar-refractivity contribution in [2.75, 3.05) is 13.1 Å². The fourth-order valence-corrected chi connectivity index (χ4v) is 6.80. The first-order valence-corrected chi connectivity index (χ1v) is 14.1. The van der Waals surface area contributed by atoms with Crippen molar-refractivity contribution in [3.8, 4) is 5.69 Å². The predicted octanol–water partition coefficient (Wildman–Crippen LogP) is 5.36. The number of piperidine rings is 1. The quantitative estimate of drug-likeness (QED) is 0.379. The smallest absolute Gasteiger partial charge is 0.411 e. The molecule has 8 nitrogen and oxygen atoms in total. The maximum absolute atomic E-state index is 13.7. The minimum Gasteiger partial charge on any atom is -0.444 e. The first-order valence-electron chi connectivity index (χ1n) is 13.3. The minimum absolute atomic E-state index is 0.0306. The number of likely N-dealkylation sites (tertiary alicyclic amines) is 2. The third-order valence-corrected chi connectivity index (χ3v) is 8.68. The van der Waals surface area contributed by atoms with E-state index in [-0.39, 0.29) is 35.4 Å². The molecule has 2 bridgehead atoms. The lowest BCUT2D eigenvalue weighted by atomic mass is 9.88. The van der Waals surface area contributed by atoms with Crippen molar-refractivity contribution in [3.05, 3.63) is 58.7 Å². The number of Topliss-reactive ketones (excluding diaryl/α,β-unsaturated/α-hetero) is 1. The van der Waals surface area contributed by atoms with E-state index in [9.17, 15) is 18.8 Å². The molecule has 10 heteroatoms. The maximum atomic E-state index is 13.7. The number of aromatic nitrogens is 2. The van der Waals surface area contributed by atoms with Gasteiger partial charge < -0.3 is 14.2 Å². The zero-order valence-electron chi connectivity index (χ0n) is 22.1. The summed E-state index contributed by atoms with van der Waals surface area (Å²) in [6.07, 6.45) is 7.27. The number of halogens is 2. The van der Waals surface area contributed by atoms with Gasteiger partial charge in [-0.2, -0.15) is 0 Å². The molecule has 1 saturated carbocycles. The molecule has 3 aromatic rings. The van der Waals surface area contributed by atoms with Crippen LogP contribution in [0.3, 0.4) is 0 Å². The number of carbonyl (C=O) groups excluding carboxylic acids is 3. The van der Waals surface area contributed by atoms with Crippen LogP contribution in [0.25, 0.3) is 16.6 Å². The van der Waals surface area contributed by atoms with Crippen molar-refractivity contribution >= 4 is 44.6 Å². The number of hydrogen-bond acceptors (Lipinski definition) is 5. The van der Waals surface area contributed by atoms with Gasteiger partial charge in [0.1, 0.15) is 17.5 Å². The Labute approximate surface area is 234 Å². The molecule has 2 amide bonds. The van der Waals surface area contributed by atoms with Crippen LogP contribution in [-0.2, 0) is 9.53 Å². The second-order valence-corrected chi connectivity index (χ2v) is 12.6. The first kappa shape index (κ1) is 26.0. The predicted molar refractivity (Wildman–Crippen MR) is 146 cm³/mol. The molecule has 0 N–H and O–H groups in total. The summed E-state index contributed by atoms with van der Waals surface area (Å²) in [5, 5.41) is 0.750. The molecule has 0 unspecified atom stereocenters. The monoisotopic (exact) mass is 596 g/mol. The van der Waals surface area contributed by atoms with Crippen LogP contribution in [0.1, 0.15) is 50.4 Å². The summed E-state index contributed by atoms with van der Waals surface area (Å²) in [4.78, 5) is 47.8. The Morgan fingerprint density at radius 3 is 2.62 bits per heavy atom. The van der Waals surface area contributed by atoms with Crippen molar-refractivity contribution in [2.45, 2.75) is 57.7 Å². The second-order valence-electron chi connectivity index (χ2n) is 11.8. The van der Waals surface area contributed by atoms with E-state index in [1.807, 2.05) is 25.3 Å². The number of amides is 2. The van der Waals surface area contributed by atoms with Gasteiger partial charge in [-0.05, 0) is 86.1 Å². The number of nitrogens with zero attached hydrogens (tertiary/aromatic N) is 4. The van der Waals surface area contributed by atoms with E-state index < -0.39 is 17.7 Å². The van der Waals surface area contributed by atoms with Crippen LogP contribution in [0.4, 0.5) is 9.18 Å². The van der Waals surface area contributed by atoms with Gasteiger partial charge in [0.15, 0.2) is 5.78 Å². The summed E-state index contributed by atoms with van der Waals surface area (Å²) in [6.45, 7) is 6.09. The summed E-state index contributed by atoms with van der Waals surface area (Å²) in [6, 6.07) is 5.70. The van der Waals surface area contributed by atoms with E-state index in [1.165, 1.54) is 12.1 Å². The molecule has 6 rings (SSSR count). The Morgan fingerprint density at radius 2 is 1.90 bits per heavy atom. The van der Waals surface area contributed by atoms with Crippen molar-refractivity contribution < 1.29 is 23.5 Å². The van der Waals surface area contributed by atoms with E-state index in [4.69, 9.17) is 4.74 Å². The highest BCUT2D eigenvalue weighted by Crippen LogP contribution is 2.44. The van der Waals surface area contributed by atoms with Crippen molar-refractivity contribution in [1.82, 2.24) is 19.4 Å². The highest BCUT2D eigenvalue weighted by atomic mass is 79.9. The molecule has 1 aromatic carbocycles. The molecule has 2 saturated heterocycles. The van der Waals surface area contributed by atoms with Crippen LogP contribution >= 0.6 is 15.9 Å². The molecule has 2 aliphatic heterocycles. The Hall–Kier alpha value is -3.27. The topological polar surface area (TPSA) is 84.7 Å². The fraction of sp³-hybridized carbons (Fsp3) is 0.448. The van der Waals surface area contributed by atoms with E-state index in [1.54, 1.807) is 40.5 Å². The van der Waals surface area contributed by atoms with E-state index in [2.05, 4.69) is 20.9 Å². The highest BCUT2D eigenvalue weighted by Gasteiger charge is 2.54. The molecule has 3 fully saturated rings. The van der Waals surface area contributed by atoms with Gasteiger partial charge in [-0.3, -0.25) is 19.5 Å². The average Bonchev–Trinajstić information content (AvgIpc) is 3.55. The van der Waals surface area contributed by atoms with Gasteiger partial charge in [-0.25, -0.2) is 9.18 Å². The molecule has 0 radical (unpaired) electrons. The Kier molecular flexibility index (Phi) is 6.28. The highest BCUT2D eigenvalue weighted by molar-refractivity contribution is 9.10. The Balaban J connectivity index is 1.20. The van der Waals surface area contributed by atoms with Crippen LogP contribution in [0, 0.1) is 17.7 Å². The molecule has 39 heavy (non-hydrogen) atoms. The van der Waals surface area contributed by atoms with E-state index in [0.29, 0.717) is 28.8 Å². The third-order valence-electron chi connectivity index (χ3n) is 8.05. The first-order chi connectivity index (χ1) is 18.5. The standard InChI is InChI=1S/C29H30BrFN4O4/c1-29(2,3)39-28(38)35-19-6-4-16(10-19)25(35)27(37)33-13-17(14-33)26(36)21-15-34(24-12-32-9-8-20(21)24)23-7-5-18(31)11-22(23)30/h5,7-9,11-12,15-17,19,25H,4,6,10,13-14H2,1-3H3/t16-,19+,25-/m0/s1. The minimum atomic E-state index is -0.640. The lowest BCUT2D eigenvalue weighted by Gasteiger charge is -2.43. The fourth-order valence-electron chi connectivity index (χ4n) is 6.26. The summed E-state index contributed by atoms with van der Waals surface area (Å²) in [5.74, 6) is -0.726. The second kappa shape index (κ2) is 9.43. The van der Waals surface area contributed by atoms with E-state index in [0.717, 1.165) is 30.2 Å². The summed E-state index contributed by atoms with van der Waals surface area (Å²) in [7, 11) is 0.